The Morgan fingerprint density at radius 1 is 1.08 bits per heavy atom. The zero-order valence-electron chi connectivity index (χ0n) is 14.8. The second-order valence-corrected chi connectivity index (χ2v) is 5.89. The molecule has 0 heterocycles. The fourth-order valence-electron chi connectivity index (χ4n) is 2.24. The van der Waals surface area contributed by atoms with Gasteiger partial charge in [0.05, 0.1) is 6.07 Å². The summed E-state index contributed by atoms with van der Waals surface area (Å²) >= 11 is 0. The van der Waals surface area contributed by atoms with Gasteiger partial charge in [-0.05, 0) is 54.8 Å². The monoisotopic (exact) mass is 351 g/mol. The van der Waals surface area contributed by atoms with Crippen molar-refractivity contribution in [3.05, 3.63) is 59.2 Å². The number of hydrogen-bond acceptors (Lipinski definition) is 4. The first-order valence-electron chi connectivity index (χ1n) is 8.20. The van der Waals surface area contributed by atoms with Crippen molar-refractivity contribution >= 4 is 17.5 Å². The van der Waals surface area contributed by atoms with Crippen molar-refractivity contribution in [2.24, 2.45) is 0 Å². The summed E-state index contributed by atoms with van der Waals surface area (Å²) in [6.45, 7) is 4.26. The fourth-order valence-corrected chi connectivity index (χ4v) is 2.24. The number of carbonyl (C=O) groups is 2. The first-order chi connectivity index (χ1) is 12.5. The van der Waals surface area contributed by atoms with Gasteiger partial charge in [-0.3, -0.25) is 9.59 Å². The van der Waals surface area contributed by atoms with Gasteiger partial charge < -0.3 is 15.4 Å². The van der Waals surface area contributed by atoms with E-state index < -0.39 is 0 Å². The maximum absolute atomic E-state index is 11.9. The Morgan fingerprint density at radius 3 is 2.62 bits per heavy atom. The highest BCUT2D eigenvalue weighted by Crippen LogP contribution is 2.16. The molecule has 0 bridgehead atoms. The number of aryl methyl sites for hydroxylation is 2. The molecule has 6 heteroatoms. The van der Waals surface area contributed by atoms with Crippen molar-refractivity contribution in [3.8, 4) is 11.8 Å². The summed E-state index contributed by atoms with van der Waals surface area (Å²) in [6, 6.07) is 14.6. The average molecular weight is 351 g/mol. The van der Waals surface area contributed by atoms with Gasteiger partial charge in [-0.25, -0.2) is 0 Å². The van der Waals surface area contributed by atoms with Gasteiger partial charge in [0, 0.05) is 12.2 Å². The Hall–Kier alpha value is -3.33. The van der Waals surface area contributed by atoms with Crippen molar-refractivity contribution in [2.75, 3.05) is 11.9 Å². The lowest BCUT2D eigenvalue weighted by Gasteiger charge is -2.10. The quantitative estimate of drug-likeness (QED) is 0.802. The molecule has 2 N–H and O–H groups in total. The molecule has 0 atom stereocenters. The van der Waals surface area contributed by atoms with E-state index in [9.17, 15) is 9.59 Å². The first kappa shape index (κ1) is 19.0. The molecule has 26 heavy (non-hydrogen) atoms. The number of rotatable bonds is 7. The molecule has 2 aromatic carbocycles. The summed E-state index contributed by atoms with van der Waals surface area (Å²) in [4.78, 5) is 23.4. The van der Waals surface area contributed by atoms with Crippen LogP contribution in [0.5, 0.6) is 5.75 Å². The number of amides is 2. The number of anilines is 1. The molecule has 2 amide bonds. The van der Waals surface area contributed by atoms with Gasteiger partial charge in [-0.1, -0.05) is 18.2 Å². The molecule has 2 rings (SSSR count). The molecule has 0 unspecified atom stereocenters. The molecule has 0 fully saturated rings. The van der Waals surface area contributed by atoms with Crippen LogP contribution in [0.4, 0.5) is 5.69 Å². The third-order valence-corrected chi connectivity index (χ3v) is 3.79. The molecule has 0 aromatic heterocycles. The average Bonchev–Trinajstić information content (AvgIpc) is 2.61. The van der Waals surface area contributed by atoms with Gasteiger partial charge in [0.25, 0.3) is 5.91 Å². The van der Waals surface area contributed by atoms with Crippen LogP contribution >= 0.6 is 0 Å². The number of nitrogens with one attached hydrogen (secondary N) is 2. The number of nitrogens with zero attached hydrogens (tertiary/aromatic N) is 1. The van der Waals surface area contributed by atoms with Gasteiger partial charge in [0.15, 0.2) is 6.61 Å². The maximum Gasteiger partial charge on any atom is 0.258 e. The van der Waals surface area contributed by atoms with E-state index in [2.05, 4.69) is 10.6 Å². The second kappa shape index (κ2) is 9.23. The summed E-state index contributed by atoms with van der Waals surface area (Å²) < 4.78 is 5.50. The third kappa shape index (κ3) is 5.95. The summed E-state index contributed by atoms with van der Waals surface area (Å²) in [5.41, 5.74) is 3.70. The van der Waals surface area contributed by atoms with Gasteiger partial charge in [0.1, 0.15) is 12.2 Å². The van der Waals surface area contributed by atoms with Crippen LogP contribution in [0.2, 0.25) is 0 Å². The SMILES string of the molecule is Cc1ccc(OCC(=O)NCc2cccc(NC(=O)CC#N)c2)cc1C. The van der Waals surface area contributed by atoms with Crippen molar-refractivity contribution in [2.45, 2.75) is 26.8 Å². The molecular formula is C20H21N3O3. The molecule has 6 nitrogen and oxygen atoms in total. The number of hydrogen-bond donors (Lipinski definition) is 2. The molecule has 0 aliphatic carbocycles. The van der Waals surface area contributed by atoms with Crippen LogP contribution in [-0.4, -0.2) is 18.4 Å². The number of nitriles is 1. The predicted molar refractivity (Wildman–Crippen MR) is 98.6 cm³/mol. The fraction of sp³-hybridized carbons (Fsp3) is 0.250. The van der Waals surface area contributed by atoms with Crippen LogP contribution in [0.25, 0.3) is 0 Å². The van der Waals surface area contributed by atoms with E-state index >= 15 is 0 Å². The lowest BCUT2D eigenvalue weighted by Crippen LogP contribution is -2.28. The van der Waals surface area contributed by atoms with E-state index in [4.69, 9.17) is 10.00 Å². The van der Waals surface area contributed by atoms with Crippen LogP contribution in [0.15, 0.2) is 42.5 Å². The van der Waals surface area contributed by atoms with Gasteiger partial charge in [-0.15, -0.1) is 0 Å². The molecule has 0 spiro atoms. The van der Waals surface area contributed by atoms with Crippen molar-refractivity contribution < 1.29 is 14.3 Å². The van der Waals surface area contributed by atoms with Gasteiger partial charge >= 0.3 is 0 Å². The minimum absolute atomic E-state index is 0.0684. The largest absolute Gasteiger partial charge is 0.484 e. The summed E-state index contributed by atoms with van der Waals surface area (Å²) in [5.74, 6) is 0.0584. The van der Waals surface area contributed by atoms with E-state index in [-0.39, 0.29) is 24.8 Å². The Kier molecular flexibility index (Phi) is 6.75. The Bertz CT molecular complexity index is 840. The number of ether oxygens (including phenoxy) is 1. The van der Waals surface area contributed by atoms with E-state index in [1.807, 2.05) is 38.1 Å². The van der Waals surface area contributed by atoms with E-state index in [1.165, 1.54) is 5.56 Å². The van der Waals surface area contributed by atoms with E-state index in [0.717, 1.165) is 11.1 Å². The zero-order chi connectivity index (χ0) is 18.9. The summed E-state index contributed by atoms with van der Waals surface area (Å²) in [7, 11) is 0. The van der Waals surface area contributed by atoms with Crippen molar-refractivity contribution in [1.82, 2.24) is 5.32 Å². The summed E-state index contributed by atoms with van der Waals surface area (Å²) in [6.07, 6.45) is -0.198. The second-order valence-electron chi connectivity index (χ2n) is 5.89. The lowest BCUT2D eigenvalue weighted by molar-refractivity contribution is -0.123. The highest BCUT2D eigenvalue weighted by atomic mass is 16.5. The smallest absolute Gasteiger partial charge is 0.258 e. The lowest BCUT2D eigenvalue weighted by atomic mass is 10.1. The van der Waals surface area contributed by atoms with Crippen molar-refractivity contribution in [3.63, 3.8) is 0 Å². The third-order valence-electron chi connectivity index (χ3n) is 3.79. The van der Waals surface area contributed by atoms with Crippen LogP contribution in [0.3, 0.4) is 0 Å². The molecule has 0 radical (unpaired) electrons. The minimum atomic E-state index is -0.365. The number of carbonyl (C=O) groups excluding carboxylic acids is 2. The Labute approximate surface area is 152 Å². The molecule has 2 aromatic rings. The zero-order valence-corrected chi connectivity index (χ0v) is 14.8. The first-order valence-corrected chi connectivity index (χ1v) is 8.20. The molecule has 0 aliphatic heterocycles. The summed E-state index contributed by atoms with van der Waals surface area (Å²) in [5, 5.41) is 13.9. The van der Waals surface area contributed by atoms with Crippen LogP contribution in [0, 0.1) is 25.2 Å². The normalized spacial score (nSPS) is 9.88. The molecule has 134 valence electrons. The van der Waals surface area contributed by atoms with Crippen LogP contribution < -0.4 is 15.4 Å². The number of benzene rings is 2. The highest BCUT2D eigenvalue weighted by molar-refractivity contribution is 5.92. The molecule has 0 saturated heterocycles. The molecular weight excluding hydrogens is 330 g/mol. The standard InChI is InChI=1S/C20H21N3O3/c1-14-6-7-18(10-15(14)2)26-13-20(25)22-12-16-4-3-5-17(11-16)23-19(24)8-9-21/h3-7,10-11H,8,12-13H2,1-2H3,(H,22,25)(H,23,24). The predicted octanol–water partition coefficient (Wildman–Crippen LogP) is 2.85. The Morgan fingerprint density at radius 2 is 1.88 bits per heavy atom. The Balaban J connectivity index is 1.82. The van der Waals surface area contributed by atoms with E-state index in [1.54, 1.807) is 24.3 Å². The highest BCUT2D eigenvalue weighted by Gasteiger charge is 2.06. The molecule has 0 aliphatic rings. The van der Waals surface area contributed by atoms with E-state index in [0.29, 0.717) is 18.0 Å². The topological polar surface area (TPSA) is 91.2 Å². The van der Waals surface area contributed by atoms with Crippen LogP contribution in [-0.2, 0) is 16.1 Å². The van der Waals surface area contributed by atoms with Crippen molar-refractivity contribution in [1.29, 1.82) is 5.26 Å². The van der Waals surface area contributed by atoms with Crippen LogP contribution in [0.1, 0.15) is 23.1 Å². The van der Waals surface area contributed by atoms with Gasteiger partial charge in [-0.2, -0.15) is 5.26 Å². The van der Waals surface area contributed by atoms with Gasteiger partial charge in [0.2, 0.25) is 5.91 Å². The maximum atomic E-state index is 11.9. The minimum Gasteiger partial charge on any atom is -0.484 e. The molecule has 0 saturated carbocycles.